The highest BCUT2D eigenvalue weighted by Gasteiger charge is 2.10. The molecule has 5 nitrogen and oxygen atoms in total. The van der Waals surface area contributed by atoms with Gasteiger partial charge in [0.05, 0.1) is 6.61 Å². The van der Waals surface area contributed by atoms with Crippen LogP contribution in [0.25, 0.3) is 0 Å². The Balaban J connectivity index is 3.77. The molecule has 0 spiro atoms. The smallest absolute Gasteiger partial charge is 0.286 e. The van der Waals surface area contributed by atoms with Gasteiger partial charge in [0.2, 0.25) is 0 Å². The fourth-order valence-electron chi connectivity index (χ4n) is 0.613. The second-order valence-corrected chi connectivity index (χ2v) is 4.97. The van der Waals surface area contributed by atoms with E-state index in [1.54, 1.807) is 13.8 Å². The van der Waals surface area contributed by atoms with Gasteiger partial charge < -0.3 is 0 Å². The Kier molecular flexibility index (Phi) is 5.46. The Labute approximate surface area is 80.0 Å². The van der Waals surface area contributed by atoms with E-state index in [0.29, 0.717) is 12.5 Å². The van der Waals surface area contributed by atoms with Crippen LogP contribution in [0.2, 0.25) is 0 Å². The lowest BCUT2D eigenvalue weighted by Crippen LogP contribution is -2.40. The van der Waals surface area contributed by atoms with E-state index in [9.17, 15) is 8.42 Å². The summed E-state index contributed by atoms with van der Waals surface area (Å²) in [7, 11) is -3.50. The molecule has 0 heterocycles. The van der Waals surface area contributed by atoms with Crippen LogP contribution >= 0.6 is 0 Å². The minimum atomic E-state index is -3.50. The highest BCUT2D eigenvalue weighted by atomic mass is 32.2. The summed E-state index contributed by atoms with van der Waals surface area (Å²) in [6, 6.07) is -0.139. The SMILES string of the molecule is CC(C)CONS(=O)(=O)NC(C)C. The molecule has 0 aromatic carbocycles. The second kappa shape index (κ2) is 5.54. The average Bonchev–Trinajstić information content (AvgIpc) is 1.81. The van der Waals surface area contributed by atoms with Gasteiger partial charge in [-0.05, 0) is 19.8 Å². The molecule has 0 rings (SSSR count). The molecule has 0 aliphatic heterocycles. The summed E-state index contributed by atoms with van der Waals surface area (Å²) in [5.74, 6) is 0.293. The van der Waals surface area contributed by atoms with Gasteiger partial charge in [0.1, 0.15) is 0 Å². The molecular formula is C7H18N2O3S. The van der Waals surface area contributed by atoms with Gasteiger partial charge in [-0.25, -0.2) is 0 Å². The van der Waals surface area contributed by atoms with Crippen molar-refractivity contribution in [3.05, 3.63) is 0 Å². The largest absolute Gasteiger partial charge is 0.299 e. The first-order chi connectivity index (χ1) is 5.83. The van der Waals surface area contributed by atoms with Crippen LogP contribution in [0, 0.1) is 5.92 Å². The van der Waals surface area contributed by atoms with E-state index in [0.717, 1.165) is 0 Å². The Bertz CT molecular complexity index is 224. The van der Waals surface area contributed by atoms with Crippen LogP contribution in [0.15, 0.2) is 0 Å². The van der Waals surface area contributed by atoms with Gasteiger partial charge in [0, 0.05) is 6.04 Å². The Morgan fingerprint density at radius 1 is 1.23 bits per heavy atom. The lowest BCUT2D eigenvalue weighted by molar-refractivity contribution is 0.0708. The van der Waals surface area contributed by atoms with Gasteiger partial charge in [-0.3, -0.25) is 4.84 Å². The molecule has 0 aromatic heterocycles. The minimum Gasteiger partial charge on any atom is -0.286 e. The van der Waals surface area contributed by atoms with E-state index in [2.05, 4.69) is 4.72 Å². The first kappa shape index (κ1) is 12.8. The van der Waals surface area contributed by atoms with Gasteiger partial charge >= 0.3 is 0 Å². The van der Waals surface area contributed by atoms with Crippen LogP contribution < -0.4 is 9.61 Å². The molecule has 0 aliphatic carbocycles. The summed E-state index contributed by atoms with van der Waals surface area (Å²) in [5, 5.41) is 0. The van der Waals surface area contributed by atoms with Gasteiger partial charge in [0.15, 0.2) is 0 Å². The van der Waals surface area contributed by atoms with Crippen LogP contribution in [-0.2, 0) is 15.0 Å². The van der Waals surface area contributed by atoms with E-state index in [1.807, 2.05) is 18.7 Å². The molecule has 0 amide bonds. The predicted octanol–water partition coefficient (Wildman–Crippen LogP) is 0.406. The summed E-state index contributed by atoms with van der Waals surface area (Å²) < 4.78 is 24.5. The standard InChI is InChI=1S/C7H18N2O3S/c1-6(2)5-12-9-13(10,11)8-7(3)4/h6-9H,5H2,1-4H3. The fourth-order valence-corrected chi connectivity index (χ4v) is 1.50. The van der Waals surface area contributed by atoms with Crippen molar-refractivity contribution in [2.75, 3.05) is 6.61 Å². The zero-order valence-corrected chi connectivity index (χ0v) is 9.31. The van der Waals surface area contributed by atoms with Crippen LogP contribution in [0.1, 0.15) is 27.7 Å². The summed E-state index contributed by atoms with van der Waals surface area (Å²) in [4.78, 5) is 6.74. The molecule has 80 valence electrons. The third kappa shape index (κ3) is 8.17. The fraction of sp³-hybridized carbons (Fsp3) is 1.00. The molecule has 0 atom stereocenters. The van der Waals surface area contributed by atoms with Crippen LogP contribution in [0.4, 0.5) is 0 Å². The zero-order valence-electron chi connectivity index (χ0n) is 8.49. The highest BCUT2D eigenvalue weighted by Crippen LogP contribution is 1.91. The van der Waals surface area contributed by atoms with Crippen molar-refractivity contribution >= 4 is 10.2 Å². The molecule has 0 aliphatic rings. The van der Waals surface area contributed by atoms with Gasteiger partial charge in [0.25, 0.3) is 10.2 Å². The first-order valence-electron chi connectivity index (χ1n) is 4.24. The van der Waals surface area contributed by atoms with E-state index >= 15 is 0 Å². The molecule has 13 heavy (non-hydrogen) atoms. The highest BCUT2D eigenvalue weighted by molar-refractivity contribution is 7.87. The van der Waals surface area contributed by atoms with Crippen LogP contribution in [0.5, 0.6) is 0 Å². The molecule has 0 saturated heterocycles. The number of nitrogens with one attached hydrogen (secondary N) is 2. The van der Waals surface area contributed by atoms with Crippen molar-refractivity contribution in [2.24, 2.45) is 5.92 Å². The lowest BCUT2D eigenvalue weighted by atomic mass is 10.2. The van der Waals surface area contributed by atoms with E-state index < -0.39 is 10.2 Å². The minimum absolute atomic E-state index is 0.139. The van der Waals surface area contributed by atoms with Crippen molar-refractivity contribution in [2.45, 2.75) is 33.7 Å². The van der Waals surface area contributed by atoms with Crippen molar-refractivity contribution in [1.29, 1.82) is 0 Å². The van der Waals surface area contributed by atoms with E-state index in [4.69, 9.17) is 4.84 Å². The number of hydrogen-bond acceptors (Lipinski definition) is 3. The Morgan fingerprint density at radius 2 is 1.77 bits per heavy atom. The second-order valence-electron chi connectivity index (χ2n) is 3.56. The zero-order chi connectivity index (χ0) is 10.5. The maximum absolute atomic E-state index is 11.1. The molecule has 6 heteroatoms. The predicted molar refractivity (Wildman–Crippen MR) is 51.1 cm³/mol. The Morgan fingerprint density at radius 3 is 2.15 bits per heavy atom. The van der Waals surface area contributed by atoms with Gasteiger partial charge in [-0.15, -0.1) is 0 Å². The quantitative estimate of drug-likeness (QED) is 0.624. The first-order valence-corrected chi connectivity index (χ1v) is 5.72. The maximum Gasteiger partial charge on any atom is 0.299 e. The van der Waals surface area contributed by atoms with Crippen LogP contribution in [0.3, 0.4) is 0 Å². The molecule has 0 bridgehead atoms. The molecule has 0 unspecified atom stereocenters. The van der Waals surface area contributed by atoms with Crippen molar-refractivity contribution in [3.63, 3.8) is 0 Å². The monoisotopic (exact) mass is 210 g/mol. The third-order valence-electron chi connectivity index (χ3n) is 0.976. The molecule has 0 fully saturated rings. The molecule has 0 saturated carbocycles. The van der Waals surface area contributed by atoms with Crippen LogP contribution in [-0.4, -0.2) is 21.1 Å². The third-order valence-corrected chi connectivity index (χ3v) is 2.10. The molecule has 0 radical (unpaired) electrons. The van der Waals surface area contributed by atoms with E-state index in [1.165, 1.54) is 0 Å². The van der Waals surface area contributed by atoms with Gasteiger partial charge in [-0.2, -0.15) is 13.1 Å². The molecule has 2 N–H and O–H groups in total. The summed E-state index contributed by atoms with van der Waals surface area (Å²) >= 11 is 0. The lowest BCUT2D eigenvalue weighted by Gasteiger charge is -2.11. The number of hydrogen-bond donors (Lipinski definition) is 2. The molecule has 0 aromatic rings. The summed E-state index contributed by atoms with van der Waals surface area (Å²) in [6.45, 7) is 7.71. The average molecular weight is 210 g/mol. The topological polar surface area (TPSA) is 67.4 Å². The normalized spacial score (nSPS) is 12.8. The maximum atomic E-state index is 11.1. The number of rotatable bonds is 6. The van der Waals surface area contributed by atoms with Gasteiger partial charge in [-0.1, -0.05) is 18.7 Å². The summed E-state index contributed by atoms with van der Waals surface area (Å²) in [6.07, 6.45) is 0. The summed E-state index contributed by atoms with van der Waals surface area (Å²) in [5.41, 5.74) is 0. The van der Waals surface area contributed by atoms with E-state index in [-0.39, 0.29) is 6.04 Å². The molecular weight excluding hydrogens is 192 g/mol. The van der Waals surface area contributed by atoms with Crippen molar-refractivity contribution in [3.8, 4) is 0 Å². The van der Waals surface area contributed by atoms with Crippen molar-refractivity contribution < 1.29 is 13.3 Å². The Hall–Kier alpha value is -0.170. The van der Waals surface area contributed by atoms with Crippen molar-refractivity contribution in [1.82, 2.24) is 9.61 Å².